The van der Waals surface area contributed by atoms with Crippen LogP contribution in [-0.2, 0) is 31.4 Å². The Balaban J connectivity index is 0.00000101. The molecule has 0 unspecified atom stereocenters. The Morgan fingerprint density at radius 2 is 1.98 bits per heavy atom. The van der Waals surface area contributed by atoms with E-state index in [-0.39, 0.29) is 17.4 Å². The fraction of sp³-hybridized carbons (Fsp3) is 0.324. The second-order valence-corrected chi connectivity index (χ2v) is 13.5. The maximum absolute atomic E-state index is 13.7. The van der Waals surface area contributed by atoms with Gasteiger partial charge in [-0.2, -0.15) is 10.4 Å². The lowest BCUT2D eigenvalue weighted by atomic mass is 10.1. The van der Waals surface area contributed by atoms with Crippen molar-refractivity contribution in [3.8, 4) is 11.9 Å². The number of aromatic nitrogens is 5. The number of aryl methyl sites for hydroxylation is 4. The molecule has 1 fully saturated rings. The molecule has 13 heteroatoms. The average molecular weight is 695 g/mol. The highest BCUT2D eigenvalue weighted by atomic mass is 32.1. The standard InChI is InChI=1S/C34H33FN8O2S.C3H6O/c1-20-13-24(15-26-21(2)40-41-33(20)26)38-34(44)22-10-11-29-28(14-22)39-31(43(29)4)18-42(3)12-6-8-23-7-5-9-32(37-23)45-19-25-16-27(35)30(17-36)46-25;1-2-4-3-1/h5,7,9-11,13-16H,6,8,12,18-19H2,1-4H3,(H,38,44)(H,40,41);1-3H2. The van der Waals surface area contributed by atoms with Crippen molar-refractivity contribution < 1.29 is 18.7 Å². The zero-order valence-corrected chi connectivity index (χ0v) is 29.4. The molecule has 0 radical (unpaired) electrons. The number of ether oxygens (including phenoxy) is 2. The summed E-state index contributed by atoms with van der Waals surface area (Å²) in [5.74, 6) is 0.663. The lowest BCUT2D eigenvalue weighted by Crippen LogP contribution is -2.21. The molecule has 258 valence electrons. The zero-order valence-electron chi connectivity index (χ0n) is 28.5. The summed E-state index contributed by atoms with van der Waals surface area (Å²) in [6.07, 6.45) is 2.92. The third-order valence-corrected chi connectivity index (χ3v) is 9.47. The van der Waals surface area contributed by atoms with E-state index in [0.29, 0.717) is 22.9 Å². The monoisotopic (exact) mass is 694 g/mol. The van der Waals surface area contributed by atoms with E-state index in [1.54, 1.807) is 6.07 Å². The van der Waals surface area contributed by atoms with Gasteiger partial charge < -0.3 is 19.4 Å². The number of benzene rings is 2. The molecule has 0 saturated carbocycles. The Morgan fingerprint density at radius 1 is 1.18 bits per heavy atom. The molecule has 6 aromatic rings. The van der Waals surface area contributed by atoms with E-state index in [0.717, 1.165) is 94.3 Å². The zero-order chi connectivity index (χ0) is 35.2. The number of amides is 1. The Kier molecular flexibility index (Phi) is 10.8. The molecule has 0 bridgehead atoms. The van der Waals surface area contributed by atoms with Gasteiger partial charge in [0.1, 0.15) is 23.4 Å². The summed E-state index contributed by atoms with van der Waals surface area (Å²) in [5, 5.41) is 20.3. The van der Waals surface area contributed by atoms with Crippen LogP contribution in [0, 0.1) is 31.0 Å². The Labute approximate surface area is 293 Å². The van der Waals surface area contributed by atoms with Gasteiger partial charge in [-0.3, -0.25) is 14.8 Å². The molecule has 1 aliphatic rings. The number of fused-ring (bicyclic) bond motifs is 2. The lowest BCUT2D eigenvalue weighted by molar-refractivity contribution is 0.0367. The van der Waals surface area contributed by atoms with Crippen molar-refractivity contribution in [1.82, 2.24) is 29.6 Å². The maximum Gasteiger partial charge on any atom is 0.255 e. The van der Waals surface area contributed by atoms with E-state index in [4.69, 9.17) is 19.7 Å². The smallest absolute Gasteiger partial charge is 0.255 e. The summed E-state index contributed by atoms with van der Waals surface area (Å²) in [5.41, 5.74) is 6.75. The second-order valence-electron chi connectivity index (χ2n) is 12.3. The molecular weight excluding hydrogens is 656 g/mol. The molecule has 1 amide bonds. The highest BCUT2D eigenvalue weighted by Crippen LogP contribution is 2.26. The first-order valence-electron chi connectivity index (χ1n) is 16.4. The van der Waals surface area contributed by atoms with E-state index in [2.05, 4.69) is 37.0 Å². The molecule has 1 saturated heterocycles. The molecule has 0 spiro atoms. The van der Waals surface area contributed by atoms with Crippen LogP contribution in [-0.4, -0.2) is 62.3 Å². The SMILES string of the molecule is C1COC1.Cc1[nH]nc2c(C)cc(NC(=O)c3ccc4c(c3)nc(CN(C)CCCc3cccc(OCc5cc(F)c(C#N)s5)n3)n4C)cc12. The summed E-state index contributed by atoms with van der Waals surface area (Å²) < 4.78 is 26.2. The van der Waals surface area contributed by atoms with Gasteiger partial charge in [0, 0.05) is 59.2 Å². The number of thiophene rings is 1. The average Bonchev–Trinajstić information content (AvgIpc) is 3.73. The van der Waals surface area contributed by atoms with Crippen LogP contribution in [0.3, 0.4) is 0 Å². The molecule has 0 aliphatic carbocycles. The van der Waals surface area contributed by atoms with E-state index < -0.39 is 5.82 Å². The molecule has 2 N–H and O–H groups in total. The lowest BCUT2D eigenvalue weighted by Gasteiger charge is -2.16. The van der Waals surface area contributed by atoms with Gasteiger partial charge in [-0.1, -0.05) is 6.07 Å². The number of nitrogens with zero attached hydrogens (tertiary/aromatic N) is 6. The number of carbonyl (C=O) groups is 1. The number of nitriles is 1. The molecule has 7 rings (SSSR count). The number of nitrogens with one attached hydrogen (secondary N) is 2. The topological polar surface area (TPSA) is 134 Å². The summed E-state index contributed by atoms with van der Waals surface area (Å²) in [7, 11) is 4.05. The van der Waals surface area contributed by atoms with Crippen LogP contribution in [0.15, 0.2) is 54.6 Å². The number of aromatic amines is 1. The van der Waals surface area contributed by atoms with Gasteiger partial charge in [-0.25, -0.2) is 14.4 Å². The van der Waals surface area contributed by atoms with Crippen LogP contribution in [0.1, 0.15) is 55.7 Å². The molecule has 4 aromatic heterocycles. The summed E-state index contributed by atoms with van der Waals surface area (Å²) >= 11 is 1.08. The fourth-order valence-corrected chi connectivity index (χ4v) is 6.35. The number of halogens is 1. The first kappa shape index (κ1) is 34.7. The van der Waals surface area contributed by atoms with E-state index in [9.17, 15) is 9.18 Å². The van der Waals surface area contributed by atoms with E-state index >= 15 is 0 Å². The minimum absolute atomic E-state index is 0.0566. The predicted octanol–water partition coefficient (Wildman–Crippen LogP) is 6.84. The highest BCUT2D eigenvalue weighted by molar-refractivity contribution is 7.12. The van der Waals surface area contributed by atoms with Crippen LogP contribution >= 0.6 is 11.3 Å². The molecular formula is C37H39FN8O3S. The predicted molar refractivity (Wildman–Crippen MR) is 192 cm³/mol. The number of rotatable bonds is 11. The van der Waals surface area contributed by atoms with Gasteiger partial charge >= 0.3 is 0 Å². The number of pyridine rings is 1. The highest BCUT2D eigenvalue weighted by Gasteiger charge is 2.15. The van der Waals surface area contributed by atoms with Crippen LogP contribution in [0.25, 0.3) is 21.9 Å². The fourth-order valence-electron chi connectivity index (χ4n) is 5.60. The third kappa shape index (κ3) is 8.16. The Hall–Kier alpha value is -5.16. The van der Waals surface area contributed by atoms with Crippen molar-refractivity contribution in [2.75, 3.05) is 32.1 Å². The molecule has 2 aromatic carbocycles. The quantitative estimate of drug-likeness (QED) is 0.151. The van der Waals surface area contributed by atoms with Gasteiger partial charge in [-0.15, -0.1) is 11.3 Å². The number of H-pyrrole nitrogens is 1. The van der Waals surface area contributed by atoms with Crippen molar-refractivity contribution in [2.24, 2.45) is 7.05 Å². The maximum atomic E-state index is 13.7. The third-order valence-electron chi connectivity index (χ3n) is 8.48. The van der Waals surface area contributed by atoms with Crippen molar-refractivity contribution in [2.45, 2.75) is 46.3 Å². The largest absolute Gasteiger partial charge is 0.472 e. The van der Waals surface area contributed by atoms with Crippen molar-refractivity contribution in [3.05, 3.63) is 98.5 Å². The van der Waals surface area contributed by atoms with Gasteiger partial charge in [-0.05, 0) is 94.7 Å². The van der Waals surface area contributed by atoms with Crippen LogP contribution in [0.5, 0.6) is 5.88 Å². The number of imidazole rings is 1. The Morgan fingerprint density at radius 3 is 2.72 bits per heavy atom. The van der Waals surface area contributed by atoms with Crippen molar-refractivity contribution in [1.29, 1.82) is 5.26 Å². The van der Waals surface area contributed by atoms with Crippen LogP contribution < -0.4 is 10.1 Å². The van der Waals surface area contributed by atoms with Crippen molar-refractivity contribution >= 4 is 44.9 Å². The van der Waals surface area contributed by atoms with E-state index in [1.807, 2.05) is 69.4 Å². The molecule has 5 heterocycles. The molecule has 11 nitrogen and oxygen atoms in total. The first-order valence-corrected chi connectivity index (χ1v) is 17.3. The van der Waals surface area contributed by atoms with Gasteiger partial charge in [0.05, 0.1) is 23.1 Å². The van der Waals surface area contributed by atoms with Crippen LogP contribution in [0.2, 0.25) is 0 Å². The second kappa shape index (κ2) is 15.6. The van der Waals surface area contributed by atoms with Gasteiger partial charge in [0.15, 0.2) is 5.82 Å². The minimum atomic E-state index is -0.520. The van der Waals surface area contributed by atoms with E-state index in [1.165, 1.54) is 12.5 Å². The Bertz CT molecular complexity index is 2170. The van der Waals surface area contributed by atoms with Gasteiger partial charge in [0.25, 0.3) is 5.91 Å². The van der Waals surface area contributed by atoms with Crippen molar-refractivity contribution in [3.63, 3.8) is 0 Å². The molecule has 50 heavy (non-hydrogen) atoms. The molecule has 1 aliphatic heterocycles. The van der Waals surface area contributed by atoms with Crippen LogP contribution in [0.4, 0.5) is 10.1 Å². The summed E-state index contributed by atoms with van der Waals surface area (Å²) in [4.78, 5) is 25.5. The number of hydrogen-bond donors (Lipinski definition) is 2. The summed E-state index contributed by atoms with van der Waals surface area (Å²) in [6.45, 7) is 7.58. The number of anilines is 1. The first-order chi connectivity index (χ1) is 24.2. The number of hydrogen-bond acceptors (Lipinski definition) is 9. The minimum Gasteiger partial charge on any atom is -0.472 e. The summed E-state index contributed by atoms with van der Waals surface area (Å²) in [6, 6.07) is 18.3. The van der Waals surface area contributed by atoms with Gasteiger partial charge in [0.2, 0.25) is 5.88 Å². The normalized spacial score (nSPS) is 12.4. The number of carbonyl (C=O) groups excluding carboxylic acids is 1. The molecule has 0 atom stereocenters.